The Hall–Kier alpha value is -3.30. The largest absolute Gasteiger partial charge is 0.419 e. The monoisotopic (exact) mass is 333 g/mol. The number of ether oxygens (including phenoxy) is 2. The Morgan fingerprint density at radius 3 is 2.58 bits per heavy atom. The predicted octanol–water partition coefficient (Wildman–Crippen LogP) is 0.933. The second kappa shape index (κ2) is 5.72. The highest BCUT2D eigenvalue weighted by Crippen LogP contribution is 2.23. The first-order valence-electron chi connectivity index (χ1n) is 6.82. The number of nitrogens with one attached hydrogen (secondary N) is 1. The second-order valence-corrected chi connectivity index (χ2v) is 5.30. The Kier molecular flexibility index (Phi) is 3.72. The third kappa shape index (κ3) is 3.07. The number of halogens is 1. The van der Waals surface area contributed by atoms with E-state index < -0.39 is 23.5 Å². The van der Waals surface area contributed by atoms with Gasteiger partial charge in [0.1, 0.15) is 17.8 Å². The molecule has 1 N–H and O–H groups in total. The van der Waals surface area contributed by atoms with Crippen molar-refractivity contribution in [3.8, 4) is 5.69 Å². The van der Waals surface area contributed by atoms with Crippen LogP contribution < -0.4 is 5.32 Å². The number of esters is 2. The summed E-state index contributed by atoms with van der Waals surface area (Å²) in [7, 11) is 0. The molecule has 9 nitrogen and oxygen atoms in total. The number of nitrogens with zero attached hydrogens (tertiary/aromatic N) is 4. The molecule has 1 aliphatic heterocycles. The topological polar surface area (TPSA) is 108 Å². The number of carbonyl (C=O) groups is 2. The molecule has 1 aliphatic rings. The molecule has 2 heterocycles. The number of hydrogen-bond donors (Lipinski definition) is 1. The molecule has 3 rings (SSSR count). The number of carbonyl (C=O) groups excluding carboxylic acids is 2. The molecule has 0 bridgehead atoms. The molecule has 10 heteroatoms. The molecule has 1 aromatic heterocycles. The quantitative estimate of drug-likeness (QED) is 0.502. The van der Waals surface area contributed by atoms with Gasteiger partial charge in [0.15, 0.2) is 5.57 Å². The predicted molar refractivity (Wildman–Crippen MR) is 77.1 cm³/mol. The molecular formula is C14H12FN5O4. The lowest BCUT2D eigenvalue weighted by molar-refractivity contribution is -0.222. The summed E-state index contributed by atoms with van der Waals surface area (Å²) in [5.41, 5.74) is 0.195. The summed E-state index contributed by atoms with van der Waals surface area (Å²) in [5, 5.41) is 13.2. The fourth-order valence-corrected chi connectivity index (χ4v) is 1.98. The summed E-state index contributed by atoms with van der Waals surface area (Å²) in [6, 6.07) is 4.02. The van der Waals surface area contributed by atoms with Crippen molar-refractivity contribution in [1.82, 2.24) is 20.2 Å². The highest BCUT2D eigenvalue weighted by atomic mass is 19.1. The zero-order chi connectivity index (χ0) is 17.3. The van der Waals surface area contributed by atoms with E-state index in [1.807, 2.05) is 0 Å². The fraction of sp³-hybridized carbons (Fsp3) is 0.214. The van der Waals surface area contributed by atoms with Crippen LogP contribution in [-0.4, -0.2) is 37.9 Å². The van der Waals surface area contributed by atoms with E-state index in [4.69, 9.17) is 9.47 Å². The average molecular weight is 333 g/mol. The van der Waals surface area contributed by atoms with Gasteiger partial charge < -0.3 is 14.8 Å². The Morgan fingerprint density at radius 1 is 1.25 bits per heavy atom. The van der Waals surface area contributed by atoms with Gasteiger partial charge in [-0.2, -0.15) is 4.68 Å². The molecule has 1 aromatic carbocycles. The van der Waals surface area contributed by atoms with E-state index in [9.17, 15) is 14.0 Å². The zero-order valence-corrected chi connectivity index (χ0v) is 12.7. The van der Waals surface area contributed by atoms with Crippen LogP contribution in [0.15, 0.2) is 36.3 Å². The van der Waals surface area contributed by atoms with E-state index in [1.165, 1.54) is 38.4 Å². The number of hydrogen-bond acceptors (Lipinski definition) is 8. The van der Waals surface area contributed by atoms with Crippen LogP contribution in [0, 0.1) is 5.82 Å². The Labute approximate surface area is 135 Å². The van der Waals surface area contributed by atoms with Gasteiger partial charge in [0.25, 0.3) is 5.79 Å². The molecule has 124 valence electrons. The van der Waals surface area contributed by atoms with Crippen LogP contribution in [0.4, 0.5) is 10.1 Å². The Morgan fingerprint density at radius 2 is 1.96 bits per heavy atom. The number of benzene rings is 1. The maximum atomic E-state index is 13.8. The van der Waals surface area contributed by atoms with Crippen LogP contribution in [0.3, 0.4) is 0 Å². The summed E-state index contributed by atoms with van der Waals surface area (Å²) < 4.78 is 24.9. The van der Waals surface area contributed by atoms with E-state index in [0.29, 0.717) is 5.69 Å². The lowest BCUT2D eigenvalue weighted by Gasteiger charge is -2.29. The molecule has 2 aromatic rings. The second-order valence-electron chi connectivity index (χ2n) is 5.30. The van der Waals surface area contributed by atoms with Gasteiger partial charge >= 0.3 is 11.9 Å². The van der Waals surface area contributed by atoms with Crippen molar-refractivity contribution in [3.63, 3.8) is 0 Å². The average Bonchev–Trinajstić information content (AvgIpc) is 3.00. The number of anilines is 1. The molecule has 1 fully saturated rings. The number of cyclic esters (lactones) is 2. The highest BCUT2D eigenvalue weighted by molar-refractivity contribution is 6.15. The van der Waals surface area contributed by atoms with Gasteiger partial charge in [-0.1, -0.05) is 0 Å². The van der Waals surface area contributed by atoms with Crippen molar-refractivity contribution >= 4 is 17.6 Å². The maximum absolute atomic E-state index is 13.8. The van der Waals surface area contributed by atoms with Gasteiger partial charge in [0.2, 0.25) is 0 Å². The SMILES string of the molecule is CC1(C)OC(=O)C(=CNc2ccc(F)c(-n3cnnn3)c2)C(=O)O1. The van der Waals surface area contributed by atoms with Gasteiger partial charge in [0, 0.05) is 25.7 Å². The molecule has 24 heavy (non-hydrogen) atoms. The number of tetrazole rings is 1. The van der Waals surface area contributed by atoms with Crippen LogP contribution in [0.25, 0.3) is 5.69 Å². The minimum Gasteiger partial charge on any atom is -0.419 e. The molecule has 0 spiro atoms. The van der Waals surface area contributed by atoms with Gasteiger partial charge in [-0.25, -0.2) is 14.0 Å². The first-order valence-corrected chi connectivity index (χ1v) is 6.82. The summed E-state index contributed by atoms with van der Waals surface area (Å²) in [5.74, 6) is -3.48. The zero-order valence-electron chi connectivity index (χ0n) is 12.7. The van der Waals surface area contributed by atoms with Crippen molar-refractivity contribution in [2.45, 2.75) is 19.6 Å². The Balaban J connectivity index is 1.83. The van der Waals surface area contributed by atoms with Crippen LogP contribution in [0.1, 0.15) is 13.8 Å². The lowest BCUT2D eigenvalue weighted by Crippen LogP contribution is -2.42. The van der Waals surface area contributed by atoms with Crippen molar-refractivity contribution in [3.05, 3.63) is 42.1 Å². The fourth-order valence-electron chi connectivity index (χ4n) is 1.98. The van der Waals surface area contributed by atoms with Crippen molar-refractivity contribution < 1.29 is 23.5 Å². The summed E-state index contributed by atoms with van der Waals surface area (Å²) >= 11 is 0. The molecule has 0 aliphatic carbocycles. The van der Waals surface area contributed by atoms with Crippen LogP contribution in [-0.2, 0) is 19.1 Å². The highest BCUT2D eigenvalue weighted by Gasteiger charge is 2.38. The standard InChI is InChI=1S/C14H12FN5O4/c1-14(2)23-12(21)9(13(22)24-14)6-16-8-3-4-10(15)11(5-8)20-7-17-18-19-20/h3-7,16H,1-2H3. The normalized spacial score (nSPS) is 16.4. The molecule has 0 saturated carbocycles. The molecular weight excluding hydrogens is 321 g/mol. The van der Waals surface area contributed by atoms with E-state index in [1.54, 1.807) is 0 Å². The molecule has 0 unspecified atom stereocenters. The van der Waals surface area contributed by atoms with Crippen LogP contribution in [0.2, 0.25) is 0 Å². The third-order valence-corrected chi connectivity index (χ3v) is 3.04. The smallest absolute Gasteiger partial charge is 0.350 e. The minimum atomic E-state index is -1.31. The summed E-state index contributed by atoms with van der Waals surface area (Å²) in [6.45, 7) is 2.90. The summed E-state index contributed by atoms with van der Waals surface area (Å²) in [4.78, 5) is 23.7. The third-order valence-electron chi connectivity index (χ3n) is 3.04. The van der Waals surface area contributed by atoms with Crippen molar-refractivity contribution in [2.24, 2.45) is 0 Å². The first-order chi connectivity index (χ1) is 11.4. The molecule has 1 saturated heterocycles. The van der Waals surface area contributed by atoms with E-state index in [-0.39, 0.29) is 11.3 Å². The van der Waals surface area contributed by atoms with Crippen molar-refractivity contribution in [2.75, 3.05) is 5.32 Å². The van der Waals surface area contributed by atoms with Crippen LogP contribution in [0.5, 0.6) is 0 Å². The number of aromatic nitrogens is 4. The summed E-state index contributed by atoms with van der Waals surface area (Å²) in [6.07, 6.45) is 2.37. The van der Waals surface area contributed by atoms with Crippen LogP contribution >= 0.6 is 0 Å². The van der Waals surface area contributed by atoms with Gasteiger partial charge in [-0.05, 0) is 28.6 Å². The Bertz CT molecular complexity index is 810. The van der Waals surface area contributed by atoms with E-state index in [2.05, 4.69) is 20.8 Å². The van der Waals surface area contributed by atoms with Gasteiger partial charge in [-0.3, -0.25) is 0 Å². The minimum absolute atomic E-state index is 0.0957. The first kappa shape index (κ1) is 15.6. The van der Waals surface area contributed by atoms with E-state index in [0.717, 1.165) is 10.9 Å². The molecule has 0 radical (unpaired) electrons. The van der Waals surface area contributed by atoms with Gasteiger partial charge in [-0.15, -0.1) is 5.10 Å². The molecule has 0 atom stereocenters. The van der Waals surface area contributed by atoms with Crippen molar-refractivity contribution in [1.29, 1.82) is 0 Å². The lowest BCUT2D eigenvalue weighted by atomic mass is 10.2. The van der Waals surface area contributed by atoms with Gasteiger partial charge in [0.05, 0.1) is 0 Å². The van der Waals surface area contributed by atoms with E-state index >= 15 is 0 Å². The maximum Gasteiger partial charge on any atom is 0.350 e. The molecule has 0 amide bonds. The number of rotatable bonds is 3.